The molecule has 0 aliphatic heterocycles. The first-order valence-corrected chi connectivity index (χ1v) is 11.7. The average Bonchev–Trinajstić information content (AvgIpc) is 2.63. The lowest BCUT2D eigenvalue weighted by Gasteiger charge is -2.10. The molecule has 0 fully saturated rings. The predicted molar refractivity (Wildman–Crippen MR) is 113 cm³/mol. The summed E-state index contributed by atoms with van der Waals surface area (Å²) in [7, 11) is 0. The zero-order valence-electron chi connectivity index (χ0n) is 17.9. The number of rotatable bonds is 20. The maximum atomic E-state index is 11.6. The Hall–Kier alpha value is -0.570. The molecule has 3 nitrogen and oxygen atoms in total. The molecular weight excluding hydrogens is 322 g/mol. The number of hydrogen-bond donors (Lipinski definition) is 2. The van der Waals surface area contributed by atoms with E-state index in [2.05, 4.69) is 19.2 Å². The SMILES string of the molecule is CCCCCCCCC(O)CCCCCCCCCC(=O)NCCCC. The Morgan fingerprint density at radius 1 is 0.692 bits per heavy atom. The second kappa shape index (κ2) is 20.7. The van der Waals surface area contributed by atoms with Crippen LogP contribution >= 0.6 is 0 Å². The summed E-state index contributed by atoms with van der Waals surface area (Å²) in [5, 5.41) is 13.0. The van der Waals surface area contributed by atoms with Gasteiger partial charge in [-0.2, -0.15) is 0 Å². The fourth-order valence-electron chi connectivity index (χ4n) is 3.35. The van der Waals surface area contributed by atoms with Crippen molar-refractivity contribution < 1.29 is 9.90 Å². The van der Waals surface area contributed by atoms with Gasteiger partial charge in [0.2, 0.25) is 5.91 Å². The van der Waals surface area contributed by atoms with Gasteiger partial charge in [0.25, 0.3) is 0 Å². The van der Waals surface area contributed by atoms with E-state index in [1.165, 1.54) is 70.6 Å². The Labute approximate surface area is 163 Å². The van der Waals surface area contributed by atoms with Gasteiger partial charge in [0.15, 0.2) is 0 Å². The zero-order chi connectivity index (χ0) is 19.3. The van der Waals surface area contributed by atoms with E-state index in [0.717, 1.165) is 45.1 Å². The number of carbonyl (C=O) groups excluding carboxylic acids is 1. The summed E-state index contributed by atoms with van der Waals surface area (Å²) in [5.41, 5.74) is 0. The summed E-state index contributed by atoms with van der Waals surface area (Å²) >= 11 is 0. The van der Waals surface area contributed by atoms with Crippen LogP contribution in [-0.2, 0) is 4.79 Å². The van der Waals surface area contributed by atoms with Crippen molar-refractivity contribution in [1.29, 1.82) is 0 Å². The van der Waals surface area contributed by atoms with Crippen molar-refractivity contribution >= 4 is 5.91 Å². The van der Waals surface area contributed by atoms with Crippen LogP contribution in [-0.4, -0.2) is 23.7 Å². The summed E-state index contributed by atoms with van der Waals surface area (Å²) in [5.74, 6) is 0.220. The molecule has 0 bridgehead atoms. The Morgan fingerprint density at radius 2 is 1.15 bits per heavy atom. The van der Waals surface area contributed by atoms with E-state index >= 15 is 0 Å². The van der Waals surface area contributed by atoms with Crippen molar-refractivity contribution in [1.82, 2.24) is 5.32 Å². The van der Waals surface area contributed by atoms with E-state index in [9.17, 15) is 9.90 Å². The first kappa shape index (κ1) is 25.4. The average molecular weight is 370 g/mol. The molecule has 0 aromatic carbocycles. The molecule has 3 heteroatoms. The van der Waals surface area contributed by atoms with Gasteiger partial charge in [0.05, 0.1) is 6.10 Å². The third-order valence-corrected chi connectivity index (χ3v) is 5.18. The number of amides is 1. The van der Waals surface area contributed by atoms with Crippen molar-refractivity contribution in [2.45, 2.75) is 136 Å². The molecule has 0 aliphatic rings. The summed E-state index contributed by atoms with van der Waals surface area (Å²) in [4.78, 5) is 11.6. The van der Waals surface area contributed by atoms with Gasteiger partial charge in [-0.05, 0) is 25.7 Å². The van der Waals surface area contributed by atoms with Gasteiger partial charge in [-0.25, -0.2) is 0 Å². The van der Waals surface area contributed by atoms with Crippen LogP contribution in [0.2, 0.25) is 0 Å². The minimum atomic E-state index is -0.0765. The van der Waals surface area contributed by atoms with Crippen molar-refractivity contribution in [3.05, 3.63) is 0 Å². The topological polar surface area (TPSA) is 49.3 Å². The number of hydrogen-bond acceptors (Lipinski definition) is 2. The highest BCUT2D eigenvalue weighted by molar-refractivity contribution is 5.75. The van der Waals surface area contributed by atoms with Crippen LogP contribution in [0.3, 0.4) is 0 Å². The first-order valence-electron chi connectivity index (χ1n) is 11.7. The lowest BCUT2D eigenvalue weighted by Crippen LogP contribution is -2.23. The van der Waals surface area contributed by atoms with E-state index in [0.29, 0.717) is 6.42 Å². The molecule has 0 aliphatic carbocycles. The van der Waals surface area contributed by atoms with E-state index in [1.54, 1.807) is 0 Å². The number of aliphatic hydroxyl groups excluding tert-OH is 1. The fourth-order valence-corrected chi connectivity index (χ4v) is 3.35. The summed E-state index contributed by atoms with van der Waals surface area (Å²) in [6, 6.07) is 0. The smallest absolute Gasteiger partial charge is 0.219 e. The fraction of sp³-hybridized carbons (Fsp3) is 0.957. The third-order valence-electron chi connectivity index (χ3n) is 5.18. The minimum Gasteiger partial charge on any atom is -0.393 e. The molecule has 26 heavy (non-hydrogen) atoms. The van der Waals surface area contributed by atoms with Crippen LogP contribution < -0.4 is 5.32 Å². The molecule has 1 amide bonds. The molecule has 0 heterocycles. The standard InChI is InChI=1S/C23H47NO2/c1-3-5-7-8-12-15-18-22(25)19-16-13-10-9-11-14-17-20-23(26)24-21-6-4-2/h22,25H,3-21H2,1-2H3,(H,24,26). The van der Waals surface area contributed by atoms with Crippen LogP contribution in [0.4, 0.5) is 0 Å². The summed E-state index contributed by atoms with van der Waals surface area (Å²) in [6.07, 6.45) is 21.0. The highest BCUT2D eigenvalue weighted by atomic mass is 16.3. The maximum Gasteiger partial charge on any atom is 0.219 e. The first-order chi connectivity index (χ1) is 12.7. The second-order valence-corrected chi connectivity index (χ2v) is 7.93. The van der Waals surface area contributed by atoms with Crippen LogP contribution in [0, 0.1) is 0 Å². The lowest BCUT2D eigenvalue weighted by molar-refractivity contribution is -0.121. The van der Waals surface area contributed by atoms with E-state index in [1.807, 2.05) is 0 Å². The van der Waals surface area contributed by atoms with E-state index in [4.69, 9.17) is 0 Å². The van der Waals surface area contributed by atoms with Crippen molar-refractivity contribution in [2.24, 2.45) is 0 Å². The molecule has 0 aromatic heterocycles. The Morgan fingerprint density at radius 3 is 1.69 bits per heavy atom. The van der Waals surface area contributed by atoms with Crippen molar-refractivity contribution in [3.63, 3.8) is 0 Å². The quantitative estimate of drug-likeness (QED) is 0.240. The predicted octanol–water partition coefficient (Wildman–Crippen LogP) is 6.53. The summed E-state index contributed by atoms with van der Waals surface area (Å²) in [6.45, 7) is 5.22. The molecule has 0 saturated heterocycles. The second-order valence-electron chi connectivity index (χ2n) is 7.93. The number of carbonyl (C=O) groups is 1. The minimum absolute atomic E-state index is 0.0765. The van der Waals surface area contributed by atoms with Crippen LogP contribution in [0.15, 0.2) is 0 Å². The molecule has 0 aromatic rings. The molecule has 0 rings (SSSR count). The zero-order valence-corrected chi connectivity index (χ0v) is 17.9. The maximum absolute atomic E-state index is 11.6. The molecule has 156 valence electrons. The molecule has 1 atom stereocenters. The van der Waals surface area contributed by atoms with E-state index < -0.39 is 0 Å². The van der Waals surface area contributed by atoms with Gasteiger partial charge >= 0.3 is 0 Å². The van der Waals surface area contributed by atoms with Gasteiger partial charge in [0, 0.05) is 13.0 Å². The highest BCUT2D eigenvalue weighted by Crippen LogP contribution is 2.14. The molecular formula is C23H47NO2. The van der Waals surface area contributed by atoms with Gasteiger partial charge in [0.1, 0.15) is 0 Å². The Bertz CT molecular complexity index is 294. The summed E-state index contributed by atoms with van der Waals surface area (Å²) < 4.78 is 0. The van der Waals surface area contributed by atoms with Crippen LogP contribution in [0.25, 0.3) is 0 Å². The van der Waals surface area contributed by atoms with Crippen LogP contribution in [0.1, 0.15) is 129 Å². The molecule has 1 unspecified atom stereocenters. The number of unbranched alkanes of at least 4 members (excludes halogenated alkanes) is 12. The van der Waals surface area contributed by atoms with E-state index in [-0.39, 0.29) is 12.0 Å². The van der Waals surface area contributed by atoms with Gasteiger partial charge in [-0.1, -0.05) is 97.3 Å². The largest absolute Gasteiger partial charge is 0.393 e. The lowest BCUT2D eigenvalue weighted by atomic mass is 10.0. The Kier molecular flexibility index (Phi) is 20.3. The number of aliphatic hydroxyl groups is 1. The molecule has 0 radical (unpaired) electrons. The molecule has 0 spiro atoms. The van der Waals surface area contributed by atoms with Crippen molar-refractivity contribution in [2.75, 3.05) is 6.54 Å². The molecule has 0 saturated carbocycles. The van der Waals surface area contributed by atoms with Gasteiger partial charge in [-0.15, -0.1) is 0 Å². The van der Waals surface area contributed by atoms with Crippen molar-refractivity contribution in [3.8, 4) is 0 Å². The molecule has 2 N–H and O–H groups in total. The van der Waals surface area contributed by atoms with Gasteiger partial charge in [-0.3, -0.25) is 4.79 Å². The highest BCUT2D eigenvalue weighted by Gasteiger charge is 2.04. The monoisotopic (exact) mass is 369 g/mol. The Balaban J connectivity index is 3.21. The van der Waals surface area contributed by atoms with Gasteiger partial charge < -0.3 is 10.4 Å². The van der Waals surface area contributed by atoms with Crippen LogP contribution in [0.5, 0.6) is 0 Å². The normalized spacial score (nSPS) is 12.3. The third kappa shape index (κ3) is 19.8. The number of nitrogens with one attached hydrogen (secondary N) is 1.